The molecule has 0 fully saturated rings. The second-order valence-corrected chi connectivity index (χ2v) is 3.50. The zero-order valence-electron chi connectivity index (χ0n) is 10.2. The molecule has 90 valence electrons. The summed E-state index contributed by atoms with van der Waals surface area (Å²) in [6, 6.07) is 5.74. The van der Waals surface area contributed by atoms with Gasteiger partial charge in [0.2, 0.25) is 0 Å². The fraction of sp³-hybridized carbons (Fsp3) is 0.500. The summed E-state index contributed by atoms with van der Waals surface area (Å²) in [7, 11) is 3.34. The molecule has 16 heavy (non-hydrogen) atoms. The van der Waals surface area contributed by atoms with Crippen molar-refractivity contribution in [1.82, 2.24) is 0 Å². The molecule has 0 atom stereocenters. The third-order valence-electron chi connectivity index (χ3n) is 2.52. The van der Waals surface area contributed by atoms with Crippen molar-refractivity contribution in [2.75, 3.05) is 44.5 Å². The van der Waals surface area contributed by atoms with E-state index in [-0.39, 0.29) is 0 Å². The first-order chi connectivity index (χ1) is 7.72. The first kappa shape index (κ1) is 12.6. The Hall–Kier alpha value is -1.42. The standard InChI is InChI=1S/C12H20N2O2/c1-4-14(7-8-15-2)12-6-5-10(16-3)9-11(12)13/h5-6,9H,4,7-8,13H2,1-3H3. The lowest BCUT2D eigenvalue weighted by Crippen LogP contribution is -2.27. The van der Waals surface area contributed by atoms with E-state index in [1.165, 1.54) is 0 Å². The highest BCUT2D eigenvalue weighted by molar-refractivity contribution is 5.69. The predicted octanol–water partition coefficient (Wildman–Crippen LogP) is 1.75. The van der Waals surface area contributed by atoms with Crippen LogP contribution in [0.2, 0.25) is 0 Å². The highest BCUT2D eigenvalue weighted by Crippen LogP contribution is 2.27. The van der Waals surface area contributed by atoms with Crippen LogP contribution < -0.4 is 15.4 Å². The Morgan fingerprint density at radius 1 is 1.31 bits per heavy atom. The molecule has 4 heteroatoms. The summed E-state index contributed by atoms with van der Waals surface area (Å²) in [5.41, 5.74) is 7.74. The van der Waals surface area contributed by atoms with Crippen LogP contribution in [0.15, 0.2) is 18.2 Å². The van der Waals surface area contributed by atoms with Crippen molar-refractivity contribution < 1.29 is 9.47 Å². The van der Waals surface area contributed by atoms with Gasteiger partial charge in [0.15, 0.2) is 0 Å². The Morgan fingerprint density at radius 3 is 2.56 bits per heavy atom. The lowest BCUT2D eigenvalue weighted by atomic mass is 10.2. The van der Waals surface area contributed by atoms with E-state index >= 15 is 0 Å². The van der Waals surface area contributed by atoms with Crippen LogP contribution in [0.1, 0.15) is 6.92 Å². The van der Waals surface area contributed by atoms with Gasteiger partial charge in [0.1, 0.15) is 5.75 Å². The van der Waals surface area contributed by atoms with Gasteiger partial charge in [-0.3, -0.25) is 0 Å². The topological polar surface area (TPSA) is 47.7 Å². The summed E-state index contributed by atoms with van der Waals surface area (Å²) in [6.45, 7) is 4.53. The molecule has 4 nitrogen and oxygen atoms in total. The van der Waals surface area contributed by atoms with Gasteiger partial charge in [-0.15, -0.1) is 0 Å². The van der Waals surface area contributed by atoms with Crippen molar-refractivity contribution in [3.05, 3.63) is 18.2 Å². The summed E-state index contributed by atoms with van der Waals surface area (Å²) < 4.78 is 10.2. The Balaban J connectivity index is 2.83. The summed E-state index contributed by atoms with van der Waals surface area (Å²) in [5, 5.41) is 0. The summed E-state index contributed by atoms with van der Waals surface area (Å²) in [6.07, 6.45) is 0. The van der Waals surface area contributed by atoms with Gasteiger partial charge >= 0.3 is 0 Å². The average molecular weight is 224 g/mol. The van der Waals surface area contributed by atoms with Crippen LogP contribution in [-0.2, 0) is 4.74 Å². The molecule has 2 N–H and O–H groups in total. The normalized spacial score (nSPS) is 10.2. The molecule has 1 aromatic rings. The SMILES string of the molecule is CCN(CCOC)c1ccc(OC)cc1N. The minimum absolute atomic E-state index is 0.694. The summed E-state index contributed by atoms with van der Waals surface area (Å²) >= 11 is 0. The number of ether oxygens (including phenoxy) is 2. The highest BCUT2D eigenvalue weighted by Gasteiger charge is 2.08. The molecule has 1 rings (SSSR count). The number of anilines is 2. The fourth-order valence-corrected chi connectivity index (χ4v) is 1.60. The molecule has 0 saturated carbocycles. The van der Waals surface area contributed by atoms with E-state index in [1.54, 1.807) is 14.2 Å². The van der Waals surface area contributed by atoms with Crippen LogP contribution in [0.4, 0.5) is 11.4 Å². The van der Waals surface area contributed by atoms with Crippen molar-refractivity contribution in [3.63, 3.8) is 0 Å². The maximum absolute atomic E-state index is 5.98. The number of methoxy groups -OCH3 is 2. The minimum Gasteiger partial charge on any atom is -0.497 e. The van der Waals surface area contributed by atoms with E-state index in [0.717, 1.165) is 30.2 Å². The third kappa shape index (κ3) is 3.03. The monoisotopic (exact) mass is 224 g/mol. The quantitative estimate of drug-likeness (QED) is 0.748. The van der Waals surface area contributed by atoms with Crippen molar-refractivity contribution in [2.45, 2.75) is 6.92 Å². The zero-order valence-corrected chi connectivity index (χ0v) is 10.2. The van der Waals surface area contributed by atoms with Crippen LogP contribution in [-0.4, -0.2) is 33.9 Å². The van der Waals surface area contributed by atoms with Gasteiger partial charge in [0.05, 0.1) is 25.1 Å². The first-order valence-electron chi connectivity index (χ1n) is 5.40. The first-order valence-corrected chi connectivity index (χ1v) is 5.40. The molecule has 0 unspecified atom stereocenters. The van der Waals surface area contributed by atoms with E-state index in [9.17, 15) is 0 Å². The lowest BCUT2D eigenvalue weighted by Gasteiger charge is -2.24. The van der Waals surface area contributed by atoms with Gasteiger partial charge in [-0.05, 0) is 19.1 Å². The van der Waals surface area contributed by atoms with E-state index in [4.69, 9.17) is 15.2 Å². The maximum Gasteiger partial charge on any atom is 0.121 e. The number of hydrogen-bond acceptors (Lipinski definition) is 4. The molecule has 0 aromatic heterocycles. The lowest BCUT2D eigenvalue weighted by molar-refractivity contribution is 0.205. The van der Waals surface area contributed by atoms with Crippen LogP contribution in [0.5, 0.6) is 5.75 Å². The van der Waals surface area contributed by atoms with E-state index in [0.29, 0.717) is 6.61 Å². The molecular weight excluding hydrogens is 204 g/mol. The number of nitrogen functional groups attached to an aromatic ring is 1. The van der Waals surface area contributed by atoms with Gasteiger partial charge in [-0.2, -0.15) is 0 Å². The number of rotatable bonds is 6. The van der Waals surface area contributed by atoms with Crippen molar-refractivity contribution in [1.29, 1.82) is 0 Å². The van der Waals surface area contributed by atoms with Gasteiger partial charge in [-0.1, -0.05) is 0 Å². The van der Waals surface area contributed by atoms with Crippen LogP contribution in [0, 0.1) is 0 Å². The number of hydrogen-bond donors (Lipinski definition) is 1. The van der Waals surface area contributed by atoms with E-state index in [1.807, 2.05) is 18.2 Å². The molecule has 0 spiro atoms. The fourth-order valence-electron chi connectivity index (χ4n) is 1.60. The molecule has 0 aliphatic carbocycles. The maximum atomic E-state index is 5.98. The van der Waals surface area contributed by atoms with Crippen molar-refractivity contribution >= 4 is 11.4 Å². The Morgan fingerprint density at radius 2 is 2.06 bits per heavy atom. The Kier molecular flexibility index (Phi) is 4.92. The van der Waals surface area contributed by atoms with Gasteiger partial charge in [0.25, 0.3) is 0 Å². The third-order valence-corrected chi connectivity index (χ3v) is 2.52. The molecule has 0 heterocycles. The largest absolute Gasteiger partial charge is 0.497 e. The number of benzene rings is 1. The van der Waals surface area contributed by atoms with Crippen molar-refractivity contribution in [2.24, 2.45) is 0 Å². The number of nitrogens with zero attached hydrogens (tertiary/aromatic N) is 1. The van der Waals surface area contributed by atoms with Crippen LogP contribution >= 0.6 is 0 Å². The minimum atomic E-state index is 0.694. The Labute approximate surface area is 96.9 Å². The average Bonchev–Trinajstić information content (AvgIpc) is 2.31. The predicted molar refractivity (Wildman–Crippen MR) is 67.2 cm³/mol. The highest BCUT2D eigenvalue weighted by atomic mass is 16.5. The molecule has 0 saturated heterocycles. The number of likely N-dealkylation sites (N-methyl/N-ethyl adjacent to an activating group) is 1. The van der Waals surface area contributed by atoms with Crippen molar-refractivity contribution in [3.8, 4) is 5.75 Å². The Bertz CT molecular complexity index is 329. The van der Waals surface area contributed by atoms with Gasteiger partial charge in [-0.25, -0.2) is 0 Å². The van der Waals surface area contributed by atoms with Crippen LogP contribution in [0.3, 0.4) is 0 Å². The zero-order chi connectivity index (χ0) is 12.0. The van der Waals surface area contributed by atoms with Gasteiger partial charge in [0, 0.05) is 26.3 Å². The number of nitrogens with two attached hydrogens (primary N) is 1. The molecule has 0 bridgehead atoms. The molecular formula is C12H20N2O2. The van der Waals surface area contributed by atoms with E-state index < -0.39 is 0 Å². The molecule has 0 aliphatic rings. The molecule has 0 aliphatic heterocycles. The van der Waals surface area contributed by atoms with Gasteiger partial charge < -0.3 is 20.1 Å². The summed E-state index contributed by atoms with van der Waals surface area (Å²) in [5.74, 6) is 0.782. The molecule has 0 radical (unpaired) electrons. The second-order valence-electron chi connectivity index (χ2n) is 3.50. The summed E-state index contributed by atoms with van der Waals surface area (Å²) in [4.78, 5) is 2.18. The second kappa shape index (κ2) is 6.23. The molecule has 0 amide bonds. The smallest absolute Gasteiger partial charge is 0.121 e. The van der Waals surface area contributed by atoms with Crippen LogP contribution in [0.25, 0.3) is 0 Å². The van der Waals surface area contributed by atoms with E-state index in [2.05, 4.69) is 11.8 Å². The molecule has 1 aromatic carbocycles.